The van der Waals surface area contributed by atoms with Gasteiger partial charge in [-0.2, -0.15) is 0 Å². The van der Waals surface area contributed by atoms with Crippen molar-refractivity contribution < 1.29 is 0 Å². The summed E-state index contributed by atoms with van der Waals surface area (Å²) >= 11 is 0. The predicted molar refractivity (Wildman–Crippen MR) is 125 cm³/mol. The fraction of sp³-hybridized carbons (Fsp3) is 0.481. The minimum atomic E-state index is -0.0652. The molecule has 0 amide bonds. The maximum atomic E-state index is 2.50. The van der Waals surface area contributed by atoms with E-state index in [1.54, 1.807) is 5.31 Å². The van der Waals surface area contributed by atoms with Crippen LogP contribution in [0, 0.1) is 0 Å². The molecule has 0 spiro atoms. The standard InChI is InChI=1S/C27H35P/c1-22(27(23-14-6-2-7-15-23)24-16-8-3-9-17-24)28(25-18-10-4-11-19-25)26-20-12-5-13-21-26/h2-3,6-9,14-17,25-26H,4-5,10-13,18-21H2,1H3. The van der Waals surface area contributed by atoms with Gasteiger partial charge in [0.2, 0.25) is 0 Å². The summed E-state index contributed by atoms with van der Waals surface area (Å²) in [6, 6.07) is 22.4. The van der Waals surface area contributed by atoms with Crippen LogP contribution in [0.1, 0.15) is 82.3 Å². The largest absolute Gasteiger partial charge is 0.0730 e. The summed E-state index contributed by atoms with van der Waals surface area (Å²) in [6.45, 7) is 2.50. The maximum Gasteiger partial charge on any atom is -0.00773 e. The molecule has 2 aromatic carbocycles. The molecule has 1 heteroatoms. The van der Waals surface area contributed by atoms with Gasteiger partial charge in [0.05, 0.1) is 0 Å². The molecule has 0 N–H and O–H groups in total. The van der Waals surface area contributed by atoms with Crippen LogP contribution >= 0.6 is 7.92 Å². The van der Waals surface area contributed by atoms with E-state index in [1.807, 2.05) is 0 Å². The molecule has 2 fully saturated rings. The molecular weight excluding hydrogens is 355 g/mol. The first-order valence-corrected chi connectivity index (χ1v) is 12.9. The molecule has 0 atom stereocenters. The van der Waals surface area contributed by atoms with Gasteiger partial charge in [-0.05, 0) is 65.9 Å². The van der Waals surface area contributed by atoms with Gasteiger partial charge in [0.15, 0.2) is 0 Å². The summed E-state index contributed by atoms with van der Waals surface area (Å²) in [6.07, 6.45) is 14.6. The van der Waals surface area contributed by atoms with Crippen molar-refractivity contribution in [3.63, 3.8) is 0 Å². The van der Waals surface area contributed by atoms with Crippen LogP contribution < -0.4 is 0 Å². The van der Waals surface area contributed by atoms with Crippen molar-refractivity contribution in [3.05, 3.63) is 77.1 Å². The molecule has 2 aliphatic carbocycles. The molecule has 0 bridgehead atoms. The van der Waals surface area contributed by atoms with Crippen LogP contribution in [-0.4, -0.2) is 11.3 Å². The minimum Gasteiger partial charge on any atom is -0.0730 e. The summed E-state index contributed by atoms with van der Waals surface area (Å²) in [7, 11) is -0.0652. The van der Waals surface area contributed by atoms with Crippen molar-refractivity contribution in [2.75, 3.05) is 0 Å². The predicted octanol–water partition coefficient (Wildman–Crippen LogP) is 8.61. The van der Waals surface area contributed by atoms with Gasteiger partial charge in [-0.1, -0.05) is 107 Å². The molecule has 2 aliphatic rings. The highest BCUT2D eigenvalue weighted by atomic mass is 31.1. The topological polar surface area (TPSA) is 0 Å². The summed E-state index contributed by atoms with van der Waals surface area (Å²) in [5, 5.41) is 1.73. The Hall–Kier alpha value is -1.39. The second kappa shape index (κ2) is 9.89. The molecule has 0 heterocycles. The van der Waals surface area contributed by atoms with Crippen molar-refractivity contribution >= 4 is 13.5 Å². The molecule has 28 heavy (non-hydrogen) atoms. The van der Waals surface area contributed by atoms with Gasteiger partial charge < -0.3 is 0 Å². The van der Waals surface area contributed by atoms with Crippen molar-refractivity contribution in [1.29, 1.82) is 0 Å². The summed E-state index contributed by atoms with van der Waals surface area (Å²) < 4.78 is 0. The molecule has 0 radical (unpaired) electrons. The lowest BCUT2D eigenvalue weighted by atomic mass is 9.97. The van der Waals surface area contributed by atoms with Crippen molar-refractivity contribution in [3.8, 4) is 0 Å². The second-order valence-corrected chi connectivity index (χ2v) is 11.6. The quantitative estimate of drug-likeness (QED) is 0.448. The van der Waals surface area contributed by atoms with Crippen molar-refractivity contribution in [2.45, 2.75) is 82.4 Å². The number of benzene rings is 2. The molecule has 148 valence electrons. The fourth-order valence-electron chi connectivity index (χ4n) is 5.49. The minimum absolute atomic E-state index is 0.0652. The first-order valence-electron chi connectivity index (χ1n) is 11.4. The van der Waals surface area contributed by atoms with E-state index in [0.717, 1.165) is 11.3 Å². The van der Waals surface area contributed by atoms with E-state index in [1.165, 1.54) is 80.9 Å². The second-order valence-electron chi connectivity index (χ2n) is 8.68. The van der Waals surface area contributed by atoms with Crippen molar-refractivity contribution in [2.24, 2.45) is 0 Å². The highest BCUT2D eigenvalue weighted by molar-refractivity contribution is 7.63. The third kappa shape index (κ3) is 4.60. The lowest BCUT2D eigenvalue weighted by Crippen LogP contribution is -2.21. The monoisotopic (exact) mass is 390 g/mol. The first-order chi connectivity index (χ1) is 13.8. The van der Waals surface area contributed by atoms with Gasteiger partial charge in [0.1, 0.15) is 0 Å². The SMILES string of the molecule is CC(=C(c1ccccc1)c1ccccc1)P(C1CCCCC1)C1CCCCC1. The van der Waals surface area contributed by atoms with E-state index in [9.17, 15) is 0 Å². The average Bonchev–Trinajstić information content (AvgIpc) is 2.77. The Morgan fingerprint density at radius 1 is 0.607 bits per heavy atom. The van der Waals surface area contributed by atoms with E-state index in [0.29, 0.717) is 0 Å². The van der Waals surface area contributed by atoms with E-state index in [-0.39, 0.29) is 7.92 Å². The van der Waals surface area contributed by atoms with Crippen LogP contribution in [0.2, 0.25) is 0 Å². The number of rotatable bonds is 5. The number of allylic oxidation sites excluding steroid dienone is 1. The number of hydrogen-bond donors (Lipinski definition) is 0. The van der Waals surface area contributed by atoms with E-state index in [4.69, 9.17) is 0 Å². The Morgan fingerprint density at radius 3 is 1.39 bits per heavy atom. The summed E-state index contributed by atoms with van der Waals surface area (Å²) in [4.78, 5) is 0. The highest BCUT2D eigenvalue weighted by Crippen LogP contribution is 2.62. The van der Waals surface area contributed by atoms with E-state index in [2.05, 4.69) is 67.6 Å². The lowest BCUT2D eigenvalue weighted by molar-refractivity contribution is 0.486. The zero-order valence-electron chi connectivity index (χ0n) is 17.4. The molecule has 2 aromatic rings. The third-order valence-electron chi connectivity index (χ3n) is 6.81. The van der Waals surface area contributed by atoms with Gasteiger partial charge in [-0.3, -0.25) is 0 Å². The third-order valence-corrected chi connectivity index (χ3v) is 10.4. The molecule has 0 nitrogen and oxygen atoms in total. The molecule has 4 rings (SSSR count). The Kier molecular flexibility index (Phi) is 7.03. The van der Waals surface area contributed by atoms with Crippen LogP contribution in [0.25, 0.3) is 5.57 Å². The van der Waals surface area contributed by atoms with E-state index < -0.39 is 0 Å². The molecule has 0 aliphatic heterocycles. The molecule has 2 saturated carbocycles. The van der Waals surface area contributed by atoms with Gasteiger partial charge >= 0.3 is 0 Å². The van der Waals surface area contributed by atoms with Gasteiger partial charge in [0, 0.05) is 0 Å². The normalized spacial score (nSPS) is 18.9. The molecule has 0 aromatic heterocycles. The molecule has 0 saturated heterocycles. The van der Waals surface area contributed by atoms with Gasteiger partial charge in [-0.25, -0.2) is 0 Å². The summed E-state index contributed by atoms with van der Waals surface area (Å²) in [5.74, 6) is 0. The zero-order chi connectivity index (χ0) is 19.2. The Labute approximate surface area is 173 Å². The number of hydrogen-bond acceptors (Lipinski definition) is 0. The first kappa shape index (κ1) is 19.9. The van der Waals surface area contributed by atoms with Gasteiger partial charge in [-0.15, -0.1) is 0 Å². The van der Waals surface area contributed by atoms with E-state index >= 15 is 0 Å². The Balaban J connectivity index is 1.81. The smallest absolute Gasteiger partial charge is 0.00773 e. The van der Waals surface area contributed by atoms with Crippen molar-refractivity contribution in [1.82, 2.24) is 0 Å². The Morgan fingerprint density at radius 2 is 1.00 bits per heavy atom. The highest BCUT2D eigenvalue weighted by Gasteiger charge is 2.33. The molecular formula is C27H35P. The maximum absolute atomic E-state index is 2.50. The van der Waals surface area contributed by atoms with Gasteiger partial charge in [0.25, 0.3) is 0 Å². The van der Waals surface area contributed by atoms with Crippen LogP contribution in [0.5, 0.6) is 0 Å². The van der Waals surface area contributed by atoms with Crippen LogP contribution in [0.3, 0.4) is 0 Å². The Bertz CT molecular complexity index is 690. The van der Waals surface area contributed by atoms with Crippen LogP contribution in [0.15, 0.2) is 66.0 Å². The summed E-state index contributed by atoms with van der Waals surface area (Å²) in [5.41, 5.74) is 6.25. The molecule has 0 unspecified atom stereocenters. The zero-order valence-corrected chi connectivity index (χ0v) is 18.3. The van der Waals surface area contributed by atoms with Crippen LogP contribution in [-0.2, 0) is 0 Å². The lowest BCUT2D eigenvalue weighted by Gasteiger charge is -2.40. The average molecular weight is 391 g/mol. The fourth-order valence-corrected chi connectivity index (χ4v) is 9.54. The van der Waals surface area contributed by atoms with Crippen LogP contribution in [0.4, 0.5) is 0 Å².